The Morgan fingerprint density at radius 1 is 1.14 bits per heavy atom. The highest BCUT2D eigenvalue weighted by atomic mass is 32.2. The molecule has 28 heavy (non-hydrogen) atoms. The molecule has 4 rings (SSSR count). The van der Waals surface area contributed by atoms with Crippen molar-refractivity contribution in [2.45, 2.75) is 13.5 Å². The third-order valence-corrected chi connectivity index (χ3v) is 5.94. The number of rotatable bonds is 5. The van der Waals surface area contributed by atoms with Gasteiger partial charge in [0.25, 0.3) is 5.91 Å². The molecule has 1 N–H and O–H groups in total. The average molecular weight is 394 g/mol. The number of aromatic nitrogens is 1. The van der Waals surface area contributed by atoms with Crippen LogP contribution in [0.1, 0.15) is 21.6 Å². The highest BCUT2D eigenvalue weighted by molar-refractivity contribution is 7.99. The van der Waals surface area contributed by atoms with Crippen LogP contribution in [0.25, 0.3) is 11.3 Å². The maximum absolute atomic E-state index is 12.7. The van der Waals surface area contributed by atoms with Crippen LogP contribution in [0.5, 0.6) is 0 Å². The molecule has 0 saturated carbocycles. The van der Waals surface area contributed by atoms with Gasteiger partial charge < -0.3 is 9.84 Å². The maximum atomic E-state index is 12.7. The third kappa shape index (κ3) is 4.29. The van der Waals surface area contributed by atoms with E-state index in [0.29, 0.717) is 5.76 Å². The van der Waals surface area contributed by atoms with Crippen LogP contribution >= 0.6 is 11.8 Å². The molecule has 0 spiro atoms. The summed E-state index contributed by atoms with van der Waals surface area (Å²) in [5.41, 5.74) is 4.33. The van der Waals surface area contributed by atoms with Crippen LogP contribution in [-0.4, -0.2) is 40.6 Å². The lowest BCUT2D eigenvalue weighted by Gasteiger charge is -2.27. The van der Waals surface area contributed by atoms with Crippen molar-refractivity contribution in [3.05, 3.63) is 71.4 Å². The van der Waals surface area contributed by atoms with E-state index in [0.717, 1.165) is 36.4 Å². The van der Waals surface area contributed by atoms with Crippen molar-refractivity contribution in [2.24, 2.45) is 0 Å². The third-order valence-electron chi connectivity index (χ3n) is 4.99. The molecule has 6 heteroatoms. The van der Waals surface area contributed by atoms with Crippen molar-refractivity contribution in [3.63, 3.8) is 0 Å². The van der Waals surface area contributed by atoms with Gasteiger partial charge in [0.2, 0.25) is 0 Å². The highest BCUT2D eigenvalue weighted by Crippen LogP contribution is 2.24. The van der Waals surface area contributed by atoms with Gasteiger partial charge in [-0.3, -0.25) is 9.69 Å². The fourth-order valence-electron chi connectivity index (χ4n) is 3.30. The van der Waals surface area contributed by atoms with Gasteiger partial charge in [0.15, 0.2) is 11.5 Å². The van der Waals surface area contributed by atoms with Crippen LogP contribution < -0.4 is 5.32 Å². The van der Waals surface area contributed by atoms with Crippen molar-refractivity contribution < 1.29 is 9.32 Å². The molecule has 2 aromatic carbocycles. The summed E-state index contributed by atoms with van der Waals surface area (Å²) >= 11 is 2.01. The first kappa shape index (κ1) is 18.8. The van der Waals surface area contributed by atoms with Crippen molar-refractivity contribution in [2.75, 3.05) is 29.9 Å². The minimum atomic E-state index is -0.263. The van der Waals surface area contributed by atoms with Crippen LogP contribution in [0, 0.1) is 6.92 Å². The summed E-state index contributed by atoms with van der Waals surface area (Å²) < 4.78 is 5.34. The minimum Gasteiger partial charge on any atom is -0.355 e. The lowest BCUT2D eigenvalue weighted by atomic mass is 10.1. The largest absolute Gasteiger partial charge is 0.355 e. The van der Waals surface area contributed by atoms with Crippen LogP contribution in [0.2, 0.25) is 0 Å². The summed E-state index contributed by atoms with van der Waals surface area (Å²) in [5.74, 6) is 2.69. The van der Waals surface area contributed by atoms with Gasteiger partial charge in [-0.25, -0.2) is 0 Å². The van der Waals surface area contributed by atoms with Crippen LogP contribution in [-0.2, 0) is 6.54 Å². The molecular weight excluding hydrogens is 370 g/mol. The Kier molecular flexibility index (Phi) is 5.78. The molecule has 5 nitrogen and oxygen atoms in total. The average Bonchev–Trinajstić information content (AvgIpc) is 3.23. The van der Waals surface area contributed by atoms with E-state index in [2.05, 4.69) is 28.4 Å². The first-order chi connectivity index (χ1) is 13.7. The van der Waals surface area contributed by atoms with E-state index >= 15 is 0 Å². The monoisotopic (exact) mass is 393 g/mol. The van der Waals surface area contributed by atoms with Gasteiger partial charge in [0.1, 0.15) is 0 Å². The summed E-state index contributed by atoms with van der Waals surface area (Å²) in [6.07, 6.45) is 0. The van der Waals surface area contributed by atoms with Gasteiger partial charge in [0, 0.05) is 48.5 Å². The number of hydrogen-bond acceptors (Lipinski definition) is 5. The van der Waals surface area contributed by atoms with Crippen LogP contribution in [0.15, 0.2) is 59.1 Å². The number of nitrogens with one attached hydrogen (secondary N) is 1. The number of thioether (sulfide) groups is 1. The zero-order chi connectivity index (χ0) is 19.3. The molecule has 1 aliphatic heterocycles. The number of carbonyl (C=O) groups is 1. The summed E-state index contributed by atoms with van der Waals surface area (Å²) in [7, 11) is 0. The number of carbonyl (C=O) groups excluding carboxylic acids is 1. The molecule has 0 unspecified atom stereocenters. The van der Waals surface area contributed by atoms with Gasteiger partial charge in [-0.2, -0.15) is 11.8 Å². The predicted molar refractivity (Wildman–Crippen MR) is 114 cm³/mol. The fraction of sp³-hybridized carbons (Fsp3) is 0.273. The highest BCUT2D eigenvalue weighted by Gasteiger charge is 2.17. The van der Waals surface area contributed by atoms with Gasteiger partial charge in [-0.05, 0) is 24.1 Å². The molecule has 144 valence electrons. The maximum Gasteiger partial charge on any atom is 0.277 e. The van der Waals surface area contributed by atoms with Crippen molar-refractivity contribution in [3.8, 4) is 11.3 Å². The summed E-state index contributed by atoms with van der Waals surface area (Å²) in [6.45, 7) is 5.20. The summed E-state index contributed by atoms with van der Waals surface area (Å²) in [6, 6.07) is 17.4. The number of hydrogen-bond donors (Lipinski definition) is 1. The molecule has 1 aromatic heterocycles. The van der Waals surface area contributed by atoms with Gasteiger partial charge in [-0.15, -0.1) is 0 Å². The zero-order valence-corrected chi connectivity index (χ0v) is 16.7. The quantitative estimate of drug-likeness (QED) is 0.694. The van der Waals surface area contributed by atoms with Crippen molar-refractivity contribution in [1.29, 1.82) is 0 Å². The molecule has 1 fully saturated rings. The van der Waals surface area contributed by atoms with E-state index < -0.39 is 0 Å². The molecular formula is C22H23N3O2S. The fourth-order valence-corrected chi connectivity index (χ4v) is 4.28. The van der Waals surface area contributed by atoms with Gasteiger partial charge in [0.05, 0.1) is 0 Å². The van der Waals surface area contributed by atoms with Crippen LogP contribution in [0.4, 0.5) is 5.69 Å². The molecule has 0 aliphatic carbocycles. The summed E-state index contributed by atoms with van der Waals surface area (Å²) in [4.78, 5) is 15.1. The molecule has 1 saturated heterocycles. The lowest BCUT2D eigenvalue weighted by Crippen LogP contribution is -2.32. The van der Waals surface area contributed by atoms with Crippen molar-refractivity contribution in [1.82, 2.24) is 10.1 Å². The SMILES string of the molecule is Cc1c(CN2CCSCC2)cccc1NC(=O)c1cc(-c2ccccc2)on1. The van der Waals surface area contributed by atoms with E-state index in [4.69, 9.17) is 4.52 Å². The second kappa shape index (κ2) is 8.63. The second-order valence-corrected chi connectivity index (χ2v) is 8.10. The number of nitrogens with zero attached hydrogens (tertiary/aromatic N) is 2. The Hall–Kier alpha value is -2.57. The zero-order valence-electron chi connectivity index (χ0n) is 15.9. The molecule has 0 bridgehead atoms. The number of benzene rings is 2. The van der Waals surface area contributed by atoms with Gasteiger partial charge >= 0.3 is 0 Å². The Morgan fingerprint density at radius 2 is 1.93 bits per heavy atom. The predicted octanol–water partition coefficient (Wildman–Crippen LogP) is 4.45. The first-order valence-electron chi connectivity index (χ1n) is 9.43. The molecule has 1 aliphatic rings. The van der Waals surface area contributed by atoms with E-state index in [1.807, 2.05) is 54.2 Å². The number of anilines is 1. The molecule has 0 atom stereocenters. The molecule has 3 aromatic rings. The molecule has 1 amide bonds. The second-order valence-electron chi connectivity index (χ2n) is 6.87. The lowest BCUT2D eigenvalue weighted by molar-refractivity contribution is 0.101. The van der Waals surface area contributed by atoms with E-state index in [-0.39, 0.29) is 11.6 Å². The smallest absolute Gasteiger partial charge is 0.277 e. The van der Waals surface area contributed by atoms with Gasteiger partial charge in [-0.1, -0.05) is 47.6 Å². The Balaban J connectivity index is 1.47. The summed E-state index contributed by atoms with van der Waals surface area (Å²) in [5, 5.41) is 6.92. The molecule has 0 radical (unpaired) electrons. The normalized spacial score (nSPS) is 14.8. The molecule has 2 heterocycles. The van der Waals surface area contributed by atoms with E-state index in [9.17, 15) is 4.79 Å². The topological polar surface area (TPSA) is 58.4 Å². The first-order valence-corrected chi connectivity index (χ1v) is 10.6. The Morgan fingerprint density at radius 3 is 2.71 bits per heavy atom. The number of amides is 1. The minimum absolute atomic E-state index is 0.263. The Bertz CT molecular complexity index is 949. The van der Waals surface area contributed by atoms with E-state index in [1.54, 1.807) is 6.07 Å². The Labute approximate surface area is 169 Å². The van der Waals surface area contributed by atoms with Crippen LogP contribution in [0.3, 0.4) is 0 Å². The van der Waals surface area contributed by atoms with Crippen molar-refractivity contribution >= 4 is 23.4 Å². The standard InChI is InChI=1S/C22H23N3O2S/c1-16-18(15-25-10-12-28-13-11-25)8-5-9-19(16)23-22(26)20-14-21(27-24-20)17-6-3-2-4-7-17/h2-9,14H,10-13,15H2,1H3,(H,23,26). The van der Waals surface area contributed by atoms with E-state index in [1.165, 1.54) is 17.1 Å².